The van der Waals surface area contributed by atoms with Crippen molar-refractivity contribution in [1.82, 2.24) is 0 Å². The van der Waals surface area contributed by atoms with E-state index in [4.69, 9.17) is 0 Å². The number of Topliss-reactive ketones (excluding diaryl/α,β-unsaturated/α-hetero) is 2. The molecule has 0 aliphatic carbocycles. The third kappa shape index (κ3) is 12.7. The third-order valence-electron chi connectivity index (χ3n) is 2.08. The van der Waals surface area contributed by atoms with Crippen molar-refractivity contribution in [3.63, 3.8) is 0 Å². The summed E-state index contributed by atoms with van der Waals surface area (Å²) in [7, 11) is 0. The van der Waals surface area contributed by atoms with Crippen LogP contribution >= 0.6 is 0 Å². The zero-order chi connectivity index (χ0) is 14.0. The van der Waals surface area contributed by atoms with Crippen LogP contribution in [0.4, 0.5) is 0 Å². The first-order chi connectivity index (χ1) is 7.72. The number of carbonyl (C=O) groups is 3. The van der Waals surface area contributed by atoms with Gasteiger partial charge in [-0.15, -0.1) is 0 Å². The minimum atomic E-state index is -0.425. The van der Waals surface area contributed by atoms with Crippen LogP contribution in [-0.4, -0.2) is 24.1 Å². The predicted octanol–water partition coefficient (Wildman–Crippen LogP) is 2.40. The van der Waals surface area contributed by atoms with E-state index in [0.717, 1.165) is 0 Å². The van der Waals surface area contributed by atoms with Gasteiger partial charge in [0, 0.05) is 11.8 Å². The fourth-order valence-electron chi connectivity index (χ4n) is 0.558. The molecule has 0 aliphatic heterocycles. The Morgan fingerprint density at radius 2 is 1.41 bits per heavy atom. The van der Waals surface area contributed by atoms with Crippen molar-refractivity contribution in [3.8, 4) is 0 Å². The molecule has 0 aromatic heterocycles. The molecule has 0 radical (unpaired) electrons. The molecular weight excluding hydrogens is 220 g/mol. The molecule has 0 N–H and O–H groups in total. The summed E-state index contributed by atoms with van der Waals surface area (Å²) in [5.41, 5.74) is 0. The largest absolute Gasteiger partial charge is 0.466 e. The minimum Gasteiger partial charge on any atom is -0.466 e. The molecule has 0 aromatic carbocycles. The molecule has 0 aromatic rings. The first kappa shape index (κ1) is 18.2. The smallest absolute Gasteiger partial charge is 0.313 e. The Morgan fingerprint density at radius 1 is 1.00 bits per heavy atom. The number of ketones is 2. The molecule has 0 saturated heterocycles. The summed E-state index contributed by atoms with van der Waals surface area (Å²) < 4.78 is 4.60. The molecule has 4 nitrogen and oxygen atoms in total. The number of esters is 1. The van der Waals surface area contributed by atoms with Crippen LogP contribution in [0.3, 0.4) is 0 Å². The van der Waals surface area contributed by atoms with Crippen molar-refractivity contribution in [1.29, 1.82) is 0 Å². The second-order valence-electron chi connectivity index (χ2n) is 4.37. The molecular formula is C13H24O4. The third-order valence-corrected chi connectivity index (χ3v) is 2.08. The highest BCUT2D eigenvalue weighted by Crippen LogP contribution is 1.99. The molecule has 0 unspecified atom stereocenters. The van der Waals surface area contributed by atoms with E-state index in [-0.39, 0.29) is 29.8 Å². The molecule has 0 spiro atoms. The van der Waals surface area contributed by atoms with Crippen molar-refractivity contribution < 1.29 is 19.1 Å². The Morgan fingerprint density at radius 3 is 1.65 bits per heavy atom. The van der Waals surface area contributed by atoms with Gasteiger partial charge in [0.2, 0.25) is 0 Å². The van der Waals surface area contributed by atoms with Gasteiger partial charge in [0.15, 0.2) is 0 Å². The first-order valence-corrected chi connectivity index (χ1v) is 5.91. The average molecular weight is 244 g/mol. The number of hydrogen-bond acceptors (Lipinski definition) is 4. The standard InChI is InChI=1S/C8H14O3.C5H10O/c1-4-11-8(10)5-7(9)6(2)3;1-4(2)5(3)6/h6H,4-5H2,1-3H3;4H,1-3H3. The maximum absolute atomic E-state index is 10.9. The predicted molar refractivity (Wildman–Crippen MR) is 66.6 cm³/mol. The number of hydrogen-bond donors (Lipinski definition) is 0. The monoisotopic (exact) mass is 244 g/mol. The molecule has 0 amide bonds. The highest BCUT2D eigenvalue weighted by atomic mass is 16.5. The zero-order valence-electron chi connectivity index (χ0n) is 11.7. The summed E-state index contributed by atoms with van der Waals surface area (Å²) >= 11 is 0. The summed E-state index contributed by atoms with van der Waals surface area (Å²) in [4.78, 5) is 31.8. The zero-order valence-corrected chi connectivity index (χ0v) is 11.7. The number of rotatable bonds is 5. The highest BCUT2D eigenvalue weighted by Gasteiger charge is 2.12. The highest BCUT2D eigenvalue weighted by molar-refractivity contribution is 5.96. The number of ether oxygens (including phenoxy) is 1. The van der Waals surface area contributed by atoms with Crippen LogP contribution in [0.1, 0.15) is 48.0 Å². The Balaban J connectivity index is 0. The van der Waals surface area contributed by atoms with Gasteiger partial charge in [-0.2, -0.15) is 0 Å². The topological polar surface area (TPSA) is 60.4 Å². The van der Waals surface area contributed by atoms with E-state index in [1.165, 1.54) is 0 Å². The van der Waals surface area contributed by atoms with Gasteiger partial charge in [-0.1, -0.05) is 27.7 Å². The normalized spacial score (nSPS) is 9.65. The van der Waals surface area contributed by atoms with Crippen molar-refractivity contribution in [3.05, 3.63) is 0 Å². The fraction of sp³-hybridized carbons (Fsp3) is 0.769. The lowest BCUT2D eigenvalue weighted by Crippen LogP contribution is -2.15. The van der Waals surface area contributed by atoms with Crippen LogP contribution < -0.4 is 0 Å². The lowest BCUT2D eigenvalue weighted by atomic mass is 10.1. The molecule has 4 heteroatoms. The van der Waals surface area contributed by atoms with Gasteiger partial charge in [-0.25, -0.2) is 0 Å². The van der Waals surface area contributed by atoms with E-state index >= 15 is 0 Å². The summed E-state index contributed by atoms with van der Waals surface area (Å²) in [6.07, 6.45) is -0.0918. The molecule has 17 heavy (non-hydrogen) atoms. The fourth-order valence-corrected chi connectivity index (χ4v) is 0.558. The first-order valence-electron chi connectivity index (χ1n) is 5.91. The molecule has 0 rings (SSSR count). The van der Waals surface area contributed by atoms with Gasteiger partial charge in [0.1, 0.15) is 18.0 Å². The Hall–Kier alpha value is -1.19. The molecule has 0 heterocycles. The number of carbonyl (C=O) groups excluding carboxylic acids is 3. The van der Waals surface area contributed by atoms with E-state index in [2.05, 4.69) is 4.74 Å². The lowest BCUT2D eigenvalue weighted by molar-refractivity contribution is -0.146. The van der Waals surface area contributed by atoms with Gasteiger partial charge in [0.25, 0.3) is 0 Å². The van der Waals surface area contributed by atoms with Crippen molar-refractivity contribution >= 4 is 17.5 Å². The summed E-state index contributed by atoms with van der Waals surface area (Å²) in [6.45, 7) is 11.0. The summed E-state index contributed by atoms with van der Waals surface area (Å²) in [5, 5.41) is 0. The van der Waals surface area contributed by atoms with E-state index in [0.29, 0.717) is 6.61 Å². The van der Waals surface area contributed by atoms with E-state index in [1.54, 1.807) is 27.7 Å². The Labute approximate surface area is 104 Å². The van der Waals surface area contributed by atoms with Gasteiger partial charge in [-0.3, -0.25) is 14.4 Å². The summed E-state index contributed by atoms with van der Waals surface area (Å²) in [6, 6.07) is 0. The Bertz CT molecular complexity index is 254. The molecule has 0 saturated carbocycles. The van der Waals surface area contributed by atoms with E-state index in [1.807, 2.05) is 13.8 Å². The average Bonchev–Trinajstić information content (AvgIpc) is 2.18. The van der Waals surface area contributed by atoms with Gasteiger partial charge in [-0.05, 0) is 13.8 Å². The van der Waals surface area contributed by atoms with Crippen molar-refractivity contribution in [2.75, 3.05) is 6.61 Å². The second kappa shape index (κ2) is 10.00. The molecule has 100 valence electrons. The maximum atomic E-state index is 10.9. The van der Waals surface area contributed by atoms with Crippen molar-refractivity contribution in [2.45, 2.75) is 48.0 Å². The van der Waals surface area contributed by atoms with Gasteiger partial charge < -0.3 is 4.74 Å². The van der Waals surface area contributed by atoms with Crippen LogP contribution in [0.25, 0.3) is 0 Å². The maximum Gasteiger partial charge on any atom is 0.313 e. The second-order valence-corrected chi connectivity index (χ2v) is 4.37. The minimum absolute atomic E-state index is 0.0662. The van der Waals surface area contributed by atoms with E-state index < -0.39 is 5.97 Å². The van der Waals surface area contributed by atoms with Crippen molar-refractivity contribution in [2.24, 2.45) is 11.8 Å². The van der Waals surface area contributed by atoms with Crippen LogP contribution in [0.15, 0.2) is 0 Å². The molecule has 0 atom stereocenters. The van der Waals surface area contributed by atoms with Crippen LogP contribution in [-0.2, 0) is 19.1 Å². The molecule has 0 bridgehead atoms. The van der Waals surface area contributed by atoms with Gasteiger partial charge >= 0.3 is 5.97 Å². The van der Waals surface area contributed by atoms with Crippen LogP contribution in [0.2, 0.25) is 0 Å². The van der Waals surface area contributed by atoms with Crippen LogP contribution in [0.5, 0.6) is 0 Å². The van der Waals surface area contributed by atoms with Gasteiger partial charge in [0.05, 0.1) is 6.61 Å². The Kier molecular flexibility index (Phi) is 10.7. The molecule has 0 fully saturated rings. The molecule has 0 aliphatic rings. The van der Waals surface area contributed by atoms with Crippen LogP contribution in [0, 0.1) is 11.8 Å². The van der Waals surface area contributed by atoms with E-state index in [9.17, 15) is 14.4 Å². The lowest BCUT2D eigenvalue weighted by Gasteiger charge is -2.02. The summed E-state index contributed by atoms with van der Waals surface area (Å²) in [5.74, 6) is -0.103. The SMILES string of the molecule is CC(=O)C(C)C.CCOC(=O)CC(=O)C(C)C. The quantitative estimate of drug-likeness (QED) is 0.550.